The fourth-order valence-corrected chi connectivity index (χ4v) is 8.92. The van der Waals surface area contributed by atoms with Crippen molar-refractivity contribution < 1.29 is 4.42 Å². The molecule has 0 fully saturated rings. The molecule has 4 heteroatoms. The summed E-state index contributed by atoms with van der Waals surface area (Å²) < 4.78 is 11.5. The van der Waals surface area contributed by atoms with Crippen LogP contribution >= 0.6 is 11.3 Å². The molecule has 0 bridgehead atoms. The predicted octanol–water partition coefficient (Wildman–Crippen LogP) is 12.6. The zero-order valence-electron chi connectivity index (χ0n) is 26.3. The summed E-state index contributed by atoms with van der Waals surface area (Å²) in [6, 6.07) is 46.2. The summed E-state index contributed by atoms with van der Waals surface area (Å²) >= 11 is 1.87. The second-order valence-corrected chi connectivity index (χ2v) is 14.6. The van der Waals surface area contributed by atoms with Crippen molar-refractivity contribution in [3.8, 4) is 16.8 Å². The number of furan rings is 1. The minimum atomic E-state index is -0.0917. The molecule has 0 aliphatic carbocycles. The van der Waals surface area contributed by atoms with Crippen LogP contribution in [0.25, 0.3) is 91.8 Å². The smallest absolute Gasteiger partial charge is 0.228 e. The second kappa shape index (κ2) is 9.54. The van der Waals surface area contributed by atoms with Crippen molar-refractivity contribution in [2.45, 2.75) is 26.2 Å². The molecule has 0 spiro atoms. The molecule has 10 rings (SSSR count). The number of benzene rings is 6. The summed E-state index contributed by atoms with van der Waals surface area (Å²) in [7, 11) is 0. The minimum Gasteiger partial charge on any atom is -0.438 e. The zero-order chi connectivity index (χ0) is 31.4. The summed E-state index contributed by atoms with van der Waals surface area (Å²) in [5, 5.41) is 8.53. The molecule has 0 aliphatic rings. The van der Waals surface area contributed by atoms with Crippen LogP contribution in [0, 0.1) is 0 Å². The number of para-hydroxylation sites is 2. The number of nitrogens with zero attached hydrogens (tertiary/aromatic N) is 2. The van der Waals surface area contributed by atoms with Crippen LogP contribution in [0.3, 0.4) is 0 Å². The van der Waals surface area contributed by atoms with Crippen LogP contribution in [0.4, 0.5) is 0 Å². The molecule has 0 saturated heterocycles. The van der Waals surface area contributed by atoms with E-state index in [1.165, 1.54) is 69.7 Å². The summed E-state index contributed by atoms with van der Waals surface area (Å²) in [4.78, 5) is 4.96. The van der Waals surface area contributed by atoms with E-state index in [9.17, 15) is 0 Å². The van der Waals surface area contributed by atoms with Gasteiger partial charge in [0.15, 0.2) is 0 Å². The van der Waals surface area contributed by atoms with Crippen molar-refractivity contribution in [1.82, 2.24) is 9.55 Å². The van der Waals surface area contributed by atoms with Crippen molar-refractivity contribution >= 4 is 86.3 Å². The lowest BCUT2D eigenvalue weighted by Crippen LogP contribution is -2.12. The third-order valence-electron chi connectivity index (χ3n) is 9.70. The molecule has 10 aromatic rings. The van der Waals surface area contributed by atoms with Gasteiger partial charge in [0.05, 0.1) is 32.3 Å². The van der Waals surface area contributed by atoms with Crippen LogP contribution in [0.15, 0.2) is 132 Å². The van der Waals surface area contributed by atoms with Gasteiger partial charge in [0.1, 0.15) is 5.58 Å². The first kappa shape index (κ1) is 26.7. The number of hydrogen-bond acceptors (Lipinski definition) is 3. The quantitative estimate of drug-likeness (QED) is 0.192. The van der Waals surface area contributed by atoms with Crippen molar-refractivity contribution in [2.24, 2.45) is 0 Å². The maximum atomic E-state index is 6.41. The van der Waals surface area contributed by atoms with Gasteiger partial charge < -0.3 is 8.98 Å². The first-order chi connectivity index (χ1) is 22.9. The highest BCUT2D eigenvalue weighted by molar-refractivity contribution is 7.26. The van der Waals surface area contributed by atoms with Crippen molar-refractivity contribution in [1.29, 1.82) is 0 Å². The van der Waals surface area contributed by atoms with E-state index in [4.69, 9.17) is 9.40 Å². The van der Waals surface area contributed by atoms with Gasteiger partial charge in [0, 0.05) is 37.0 Å². The molecule has 0 saturated carbocycles. The number of fused-ring (bicyclic) bond motifs is 10. The number of thiophene rings is 1. The van der Waals surface area contributed by atoms with Crippen LogP contribution in [-0.4, -0.2) is 9.55 Å². The van der Waals surface area contributed by atoms with Gasteiger partial charge in [-0.05, 0) is 70.6 Å². The molecular weight excluding hydrogens is 593 g/mol. The largest absolute Gasteiger partial charge is 0.438 e. The fraction of sp³-hybridized carbons (Fsp3) is 0.0930. The molecule has 47 heavy (non-hydrogen) atoms. The van der Waals surface area contributed by atoms with E-state index < -0.39 is 0 Å². The van der Waals surface area contributed by atoms with Crippen LogP contribution in [-0.2, 0) is 5.41 Å². The lowest BCUT2D eigenvalue weighted by atomic mass is 9.82. The molecule has 0 amide bonds. The molecular formula is C43H30N2OS. The Morgan fingerprint density at radius 2 is 1.28 bits per heavy atom. The van der Waals surface area contributed by atoms with Gasteiger partial charge in [0.25, 0.3) is 0 Å². The van der Waals surface area contributed by atoms with Crippen molar-refractivity contribution in [3.05, 3.63) is 133 Å². The van der Waals surface area contributed by atoms with E-state index in [-0.39, 0.29) is 5.41 Å². The van der Waals surface area contributed by atoms with Gasteiger partial charge in [-0.2, -0.15) is 0 Å². The standard InChI is InChI=1S/C43H30N2OS/c1-43(2,3)40-30-13-4-7-15-33(30)44-42-39(40)32-24-26(20-22-37(32)46-42)25-19-21-35-31(23-25)27-11-5-8-16-34(27)45(35)36-17-10-14-29-28-12-6-9-18-38(28)47-41(29)36/h4-24H,1-3H3. The molecule has 0 unspecified atom stereocenters. The highest BCUT2D eigenvalue weighted by Crippen LogP contribution is 2.44. The number of pyridine rings is 1. The molecule has 4 heterocycles. The van der Waals surface area contributed by atoms with Gasteiger partial charge in [-0.1, -0.05) is 99.6 Å². The Morgan fingerprint density at radius 3 is 2.13 bits per heavy atom. The third-order valence-corrected chi connectivity index (χ3v) is 10.9. The van der Waals surface area contributed by atoms with Gasteiger partial charge in [-0.3, -0.25) is 0 Å². The molecule has 0 atom stereocenters. The fourth-order valence-electron chi connectivity index (χ4n) is 7.71. The number of rotatable bonds is 2. The normalized spacial score (nSPS) is 12.6. The van der Waals surface area contributed by atoms with Gasteiger partial charge >= 0.3 is 0 Å². The first-order valence-corrected chi connectivity index (χ1v) is 17.0. The Balaban J connectivity index is 1.21. The topological polar surface area (TPSA) is 31.0 Å². The van der Waals surface area contributed by atoms with Crippen LogP contribution in [0.2, 0.25) is 0 Å². The van der Waals surface area contributed by atoms with E-state index in [0.29, 0.717) is 5.71 Å². The highest BCUT2D eigenvalue weighted by atomic mass is 32.1. The van der Waals surface area contributed by atoms with E-state index in [2.05, 4.69) is 147 Å². The average molecular weight is 623 g/mol. The molecule has 0 N–H and O–H groups in total. The first-order valence-electron chi connectivity index (χ1n) is 16.1. The summed E-state index contributed by atoms with van der Waals surface area (Å²) in [6.45, 7) is 6.83. The van der Waals surface area contributed by atoms with E-state index >= 15 is 0 Å². The van der Waals surface area contributed by atoms with Crippen LogP contribution < -0.4 is 0 Å². The summed E-state index contributed by atoms with van der Waals surface area (Å²) in [5.41, 5.74) is 9.73. The highest BCUT2D eigenvalue weighted by Gasteiger charge is 2.25. The lowest BCUT2D eigenvalue weighted by molar-refractivity contribution is 0.599. The third kappa shape index (κ3) is 3.82. The maximum Gasteiger partial charge on any atom is 0.228 e. The average Bonchev–Trinajstić information content (AvgIpc) is 3.75. The van der Waals surface area contributed by atoms with Gasteiger partial charge in [-0.25, -0.2) is 4.98 Å². The molecule has 6 aromatic carbocycles. The molecule has 224 valence electrons. The van der Waals surface area contributed by atoms with Crippen molar-refractivity contribution in [3.63, 3.8) is 0 Å². The summed E-state index contributed by atoms with van der Waals surface area (Å²) in [6.07, 6.45) is 0. The number of aromatic nitrogens is 2. The molecule has 4 aromatic heterocycles. The zero-order valence-corrected chi connectivity index (χ0v) is 27.2. The predicted molar refractivity (Wildman–Crippen MR) is 200 cm³/mol. The van der Waals surface area contributed by atoms with E-state index in [0.717, 1.165) is 21.9 Å². The minimum absolute atomic E-state index is 0.0917. The van der Waals surface area contributed by atoms with Crippen molar-refractivity contribution in [2.75, 3.05) is 0 Å². The van der Waals surface area contributed by atoms with Gasteiger partial charge in [0.2, 0.25) is 5.71 Å². The Kier molecular flexibility index (Phi) is 5.43. The monoisotopic (exact) mass is 622 g/mol. The number of hydrogen-bond donors (Lipinski definition) is 0. The van der Waals surface area contributed by atoms with Crippen LogP contribution in [0.5, 0.6) is 0 Å². The van der Waals surface area contributed by atoms with E-state index in [1.54, 1.807) is 0 Å². The summed E-state index contributed by atoms with van der Waals surface area (Å²) in [5.74, 6) is 0. The Hall–Kier alpha value is -5.45. The SMILES string of the molecule is CC(C)(C)c1c2ccccc2nc2oc3ccc(-c4ccc5c(c4)c4ccccc4n5-c4cccc5c4sc4ccccc45)cc3c12. The lowest BCUT2D eigenvalue weighted by Gasteiger charge is -2.22. The maximum absolute atomic E-state index is 6.41. The molecule has 3 nitrogen and oxygen atoms in total. The van der Waals surface area contributed by atoms with Crippen LogP contribution in [0.1, 0.15) is 26.3 Å². The second-order valence-electron chi connectivity index (χ2n) is 13.6. The molecule has 0 radical (unpaired) electrons. The Morgan fingerprint density at radius 1 is 0.596 bits per heavy atom. The van der Waals surface area contributed by atoms with E-state index in [1.807, 2.05) is 17.4 Å². The Labute approximate surface area is 275 Å². The van der Waals surface area contributed by atoms with Gasteiger partial charge in [-0.15, -0.1) is 11.3 Å². The molecule has 0 aliphatic heterocycles. The Bertz CT molecular complexity index is 2900.